The fourth-order valence-corrected chi connectivity index (χ4v) is 2.34. The van der Waals surface area contributed by atoms with E-state index in [1.54, 1.807) is 6.20 Å². The highest BCUT2D eigenvalue weighted by atomic mass is 35.5. The molecule has 0 amide bonds. The summed E-state index contributed by atoms with van der Waals surface area (Å²) in [7, 11) is 0. The molecule has 0 spiro atoms. The van der Waals surface area contributed by atoms with E-state index in [2.05, 4.69) is 34.3 Å². The Balaban J connectivity index is 0.00000147. The van der Waals surface area contributed by atoms with Crippen molar-refractivity contribution in [3.8, 4) is 11.1 Å². The minimum atomic E-state index is 0. The largest absolute Gasteiger partial charge is 0.330 e. The summed E-state index contributed by atoms with van der Waals surface area (Å²) in [5, 5.41) is 4.48. The average molecular weight is 289 g/mol. The Morgan fingerprint density at radius 2 is 1.95 bits per heavy atom. The van der Waals surface area contributed by atoms with Crippen molar-refractivity contribution in [1.82, 2.24) is 14.6 Å². The normalized spacial score (nSPS) is 10.5. The van der Waals surface area contributed by atoms with Gasteiger partial charge in [0.15, 0.2) is 5.65 Å². The second-order valence-electron chi connectivity index (χ2n) is 4.58. The van der Waals surface area contributed by atoms with Gasteiger partial charge in [0, 0.05) is 18.0 Å². The molecule has 2 heterocycles. The van der Waals surface area contributed by atoms with Crippen LogP contribution in [0.1, 0.15) is 11.3 Å². The van der Waals surface area contributed by atoms with Crippen LogP contribution in [0.15, 0.2) is 42.7 Å². The number of nitrogens with two attached hydrogens (primary N) is 1. The van der Waals surface area contributed by atoms with Gasteiger partial charge in [-0.1, -0.05) is 24.3 Å². The number of nitrogens with zero attached hydrogens (tertiary/aromatic N) is 3. The minimum Gasteiger partial charge on any atom is -0.330 e. The highest BCUT2D eigenvalue weighted by Crippen LogP contribution is 2.26. The van der Waals surface area contributed by atoms with Crippen LogP contribution in [0.3, 0.4) is 0 Å². The summed E-state index contributed by atoms with van der Waals surface area (Å²) in [5.74, 6) is 0. The van der Waals surface area contributed by atoms with E-state index < -0.39 is 0 Å². The van der Waals surface area contributed by atoms with Crippen LogP contribution in [0.2, 0.25) is 0 Å². The van der Waals surface area contributed by atoms with E-state index in [0.717, 1.165) is 28.9 Å². The molecule has 2 N–H and O–H groups in total. The first-order valence-corrected chi connectivity index (χ1v) is 6.39. The molecule has 0 saturated carbocycles. The number of hydrogen-bond donors (Lipinski definition) is 1. The monoisotopic (exact) mass is 288 g/mol. The summed E-state index contributed by atoms with van der Waals surface area (Å²) in [6, 6.07) is 10.4. The predicted octanol–water partition coefficient (Wildman–Crippen LogP) is 2.63. The van der Waals surface area contributed by atoms with Gasteiger partial charge in [-0.2, -0.15) is 5.10 Å². The van der Waals surface area contributed by atoms with Gasteiger partial charge in [-0.05, 0) is 37.1 Å². The molecule has 0 aliphatic heterocycles. The van der Waals surface area contributed by atoms with Crippen LogP contribution in [0, 0.1) is 6.92 Å². The summed E-state index contributed by atoms with van der Waals surface area (Å²) >= 11 is 0. The third-order valence-electron chi connectivity index (χ3n) is 3.25. The fraction of sp³-hybridized carbons (Fsp3) is 0.200. The van der Waals surface area contributed by atoms with Crippen LogP contribution in [0.5, 0.6) is 0 Å². The maximum atomic E-state index is 5.57. The van der Waals surface area contributed by atoms with Crippen molar-refractivity contribution in [3.63, 3.8) is 0 Å². The second kappa shape index (κ2) is 6.03. The molecular weight excluding hydrogens is 272 g/mol. The Morgan fingerprint density at radius 3 is 2.65 bits per heavy atom. The summed E-state index contributed by atoms with van der Waals surface area (Å²) in [6.07, 6.45) is 4.62. The van der Waals surface area contributed by atoms with Gasteiger partial charge < -0.3 is 5.73 Å². The van der Waals surface area contributed by atoms with Crippen molar-refractivity contribution < 1.29 is 0 Å². The van der Waals surface area contributed by atoms with Crippen LogP contribution in [-0.4, -0.2) is 21.1 Å². The molecule has 0 unspecified atom stereocenters. The Labute approximate surface area is 124 Å². The van der Waals surface area contributed by atoms with Gasteiger partial charge in [0.1, 0.15) is 0 Å². The molecule has 3 aromatic rings. The first-order chi connectivity index (χ1) is 9.29. The number of halogens is 1. The summed E-state index contributed by atoms with van der Waals surface area (Å²) < 4.78 is 1.82. The van der Waals surface area contributed by atoms with E-state index in [4.69, 9.17) is 5.73 Å². The molecule has 104 valence electrons. The fourth-order valence-electron chi connectivity index (χ4n) is 2.34. The quantitative estimate of drug-likeness (QED) is 0.806. The zero-order valence-electron chi connectivity index (χ0n) is 11.3. The Kier molecular flexibility index (Phi) is 4.37. The van der Waals surface area contributed by atoms with Crippen LogP contribution in [0.4, 0.5) is 0 Å². The number of hydrogen-bond acceptors (Lipinski definition) is 3. The first kappa shape index (κ1) is 14.5. The van der Waals surface area contributed by atoms with Gasteiger partial charge in [0.2, 0.25) is 0 Å². The standard InChI is InChI=1S/C15H16N4.ClH/c1-11-14(15-17-9-2-10-19(15)18-11)13-5-3-12(4-6-13)7-8-16;/h2-6,9-10H,7-8,16H2,1H3;1H. The van der Waals surface area contributed by atoms with Crippen LogP contribution < -0.4 is 5.73 Å². The lowest BCUT2D eigenvalue weighted by atomic mass is 10.0. The molecule has 0 fully saturated rings. The molecule has 0 radical (unpaired) electrons. The third-order valence-corrected chi connectivity index (χ3v) is 3.25. The molecule has 3 rings (SSSR count). The molecule has 0 atom stereocenters. The maximum Gasteiger partial charge on any atom is 0.163 e. The molecule has 1 aromatic carbocycles. The van der Waals surface area contributed by atoms with E-state index >= 15 is 0 Å². The molecule has 0 aliphatic rings. The van der Waals surface area contributed by atoms with Crippen LogP contribution in [-0.2, 0) is 6.42 Å². The molecule has 0 saturated heterocycles. The van der Waals surface area contributed by atoms with Crippen molar-refractivity contribution >= 4 is 18.1 Å². The number of aromatic nitrogens is 3. The predicted molar refractivity (Wildman–Crippen MR) is 83.2 cm³/mol. The van der Waals surface area contributed by atoms with Crippen LogP contribution in [0.25, 0.3) is 16.8 Å². The van der Waals surface area contributed by atoms with Gasteiger partial charge in [-0.25, -0.2) is 9.50 Å². The molecule has 0 aliphatic carbocycles. The summed E-state index contributed by atoms with van der Waals surface area (Å²) in [5.41, 5.74) is 11.0. The minimum absolute atomic E-state index is 0. The average Bonchev–Trinajstić information content (AvgIpc) is 2.76. The molecule has 2 aromatic heterocycles. The lowest BCUT2D eigenvalue weighted by Crippen LogP contribution is -2.02. The van der Waals surface area contributed by atoms with Crippen molar-refractivity contribution in [2.75, 3.05) is 6.54 Å². The summed E-state index contributed by atoms with van der Waals surface area (Å²) in [4.78, 5) is 4.42. The van der Waals surface area contributed by atoms with E-state index in [9.17, 15) is 0 Å². The second-order valence-corrected chi connectivity index (χ2v) is 4.58. The number of benzene rings is 1. The molecule has 20 heavy (non-hydrogen) atoms. The number of fused-ring (bicyclic) bond motifs is 1. The van der Waals surface area contributed by atoms with Crippen molar-refractivity contribution in [2.45, 2.75) is 13.3 Å². The van der Waals surface area contributed by atoms with Crippen LogP contribution >= 0.6 is 12.4 Å². The van der Waals surface area contributed by atoms with E-state index in [0.29, 0.717) is 6.54 Å². The van der Waals surface area contributed by atoms with E-state index in [1.807, 2.05) is 23.7 Å². The van der Waals surface area contributed by atoms with Crippen molar-refractivity contribution in [2.24, 2.45) is 5.73 Å². The number of rotatable bonds is 3. The number of aryl methyl sites for hydroxylation is 1. The van der Waals surface area contributed by atoms with Gasteiger partial charge in [-0.3, -0.25) is 0 Å². The third kappa shape index (κ3) is 2.53. The molecule has 0 bridgehead atoms. The Bertz CT molecular complexity index is 703. The van der Waals surface area contributed by atoms with Crippen molar-refractivity contribution in [3.05, 3.63) is 54.0 Å². The Hall–Kier alpha value is -1.91. The highest BCUT2D eigenvalue weighted by Gasteiger charge is 2.11. The molecule has 4 nitrogen and oxygen atoms in total. The Morgan fingerprint density at radius 1 is 1.20 bits per heavy atom. The van der Waals surface area contributed by atoms with Gasteiger partial charge >= 0.3 is 0 Å². The van der Waals surface area contributed by atoms with Crippen molar-refractivity contribution in [1.29, 1.82) is 0 Å². The topological polar surface area (TPSA) is 56.2 Å². The SMILES string of the molecule is Cc1nn2cccnc2c1-c1ccc(CCN)cc1.Cl. The van der Waals surface area contributed by atoms with E-state index in [-0.39, 0.29) is 12.4 Å². The van der Waals surface area contributed by atoms with E-state index in [1.165, 1.54) is 5.56 Å². The first-order valence-electron chi connectivity index (χ1n) is 6.39. The molecule has 5 heteroatoms. The zero-order chi connectivity index (χ0) is 13.2. The zero-order valence-corrected chi connectivity index (χ0v) is 12.1. The summed E-state index contributed by atoms with van der Waals surface area (Å²) in [6.45, 7) is 2.69. The highest BCUT2D eigenvalue weighted by molar-refractivity contribution is 5.85. The van der Waals surface area contributed by atoms with Gasteiger partial charge in [-0.15, -0.1) is 12.4 Å². The maximum absolute atomic E-state index is 5.57. The van der Waals surface area contributed by atoms with Gasteiger partial charge in [0.25, 0.3) is 0 Å². The lowest BCUT2D eigenvalue weighted by Gasteiger charge is -2.03. The smallest absolute Gasteiger partial charge is 0.163 e. The van der Waals surface area contributed by atoms with Gasteiger partial charge in [0.05, 0.1) is 5.69 Å². The molecular formula is C15H17ClN4. The lowest BCUT2D eigenvalue weighted by molar-refractivity contribution is 0.917.